The molecule has 15 heavy (non-hydrogen) atoms. The van der Waals surface area contributed by atoms with Gasteiger partial charge < -0.3 is 10.0 Å². The summed E-state index contributed by atoms with van der Waals surface area (Å²) in [6, 6.07) is 3.70. The molecule has 0 aliphatic carbocycles. The van der Waals surface area contributed by atoms with Crippen LogP contribution in [0.5, 0.6) is 0 Å². The van der Waals surface area contributed by atoms with E-state index in [2.05, 4.69) is 0 Å². The lowest BCUT2D eigenvalue weighted by Gasteiger charge is -2.30. The van der Waals surface area contributed by atoms with E-state index >= 15 is 0 Å². The fourth-order valence-corrected chi connectivity index (χ4v) is 2.77. The Labute approximate surface area is 93.3 Å². The minimum Gasteiger partial charge on any atom is -0.391 e. The van der Waals surface area contributed by atoms with Gasteiger partial charge in [-0.1, -0.05) is 6.07 Å². The molecule has 1 saturated heterocycles. The van der Waals surface area contributed by atoms with Gasteiger partial charge >= 0.3 is 0 Å². The monoisotopic (exact) mass is 225 g/mol. The smallest absolute Gasteiger partial charge is 0.264 e. The van der Waals surface area contributed by atoms with E-state index in [4.69, 9.17) is 0 Å². The first-order chi connectivity index (χ1) is 7.00. The number of β-amino-alcohol motifs (C(OH)–C–C–N with tert-alkyl or cyclic N) is 1. The van der Waals surface area contributed by atoms with Crippen molar-refractivity contribution in [2.24, 2.45) is 0 Å². The maximum atomic E-state index is 12.1. The predicted octanol–water partition coefficient (Wildman–Crippen LogP) is 1.73. The van der Waals surface area contributed by atoms with Gasteiger partial charge in [-0.05, 0) is 31.7 Å². The number of amides is 1. The van der Waals surface area contributed by atoms with Crippen LogP contribution in [-0.2, 0) is 0 Å². The molecule has 1 aliphatic heterocycles. The van der Waals surface area contributed by atoms with E-state index in [-0.39, 0.29) is 17.6 Å². The van der Waals surface area contributed by atoms with Crippen molar-refractivity contribution in [1.82, 2.24) is 4.90 Å². The van der Waals surface area contributed by atoms with E-state index in [9.17, 15) is 9.90 Å². The first-order valence-electron chi connectivity index (χ1n) is 5.04. The molecule has 1 N–H and O–H groups in total. The molecule has 4 heteroatoms. The summed E-state index contributed by atoms with van der Waals surface area (Å²) in [6.07, 6.45) is 0.272. The van der Waals surface area contributed by atoms with Gasteiger partial charge in [0.25, 0.3) is 5.91 Å². The molecule has 0 radical (unpaired) electrons. The van der Waals surface area contributed by atoms with E-state index in [1.165, 1.54) is 11.3 Å². The second kappa shape index (κ2) is 3.61. The molecule has 1 aromatic rings. The summed E-state index contributed by atoms with van der Waals surface area (Å²) in [5.41, 5.74) is -0.236. The number of hydrogen-bond acceptors (Lipinski definition) is 3. The molecule has 1 fully saturated rings. The maximum Gasteiger partial charge on any atom is 0.264 e. The lowest BCUT2D eigenvalue weighted by molar-refractivity contribution is 0.0646. The van der Waals surface area contributed by atoms with Crippen molar-refractivity contribution in [2.45, 2.75) is 31.9 Å². The molecule has 2 rings (SSSR count). The molecule has 1 atom stereocenters. The van der Waals surface area contributed by atoms with Gasteiger partial charge in [-0.3, -0.25) is 4.79 Å². The van der Waals surface area contributed by atoms with Gasteiger partial charge in [0.1, 0.15) is 0 Å². The summed E-state index contributed by atoms with van der Waals surface area (Å²) in [5.74, 6) is 0.0338. The molecule has 1 amide bonds. The van der Waals surface area contributed by atoms with Crippen molar-refractivity contribution in [3.05, 3.63) is 22.4 Å². The quantitative estimate of drug-likeness (QED) is 0.790. The second-order valence-electron chi connectivity index (χ2n) is 4.56. The fourth-order valence-electron chi connectivity index (χ4n) is 2.10. The third-order valence-corrected chi connectivity index (χ3v) is 3.69. The molecular weight excluding hydrogens is 210 g/mol. The Morgan fingerprint density at radius 1 is 1.67 bits per heavy atom. The maximum absolute atomic E-state index is 12.1. The summed E-state index contributed by atoms with van der Waals surface area (Å²) in [7, 11) is 0. The van der Waals surface area contributed by atoms with E-state index < -0.39 is 0 Å². The molecule has 0 saturated carbocycles. The molecule has 0 aromatic carbocycles. The summed E-state index contributed by atoms with van der Waals surface area (Å²) in [6.45, 7) is 4.44. The van der Waals surface area contributed by atoms with Gasteiger partial charge in [-0.15, -0.1) is 11.3 Å². The Bertz CT molecular complexity index is 359. The standard InChI is InChI=1S/C11H15NO2S/c1-11(2)6-8(13)7-12(11)10(14)9-4-3-5-15-9/h3-5,8,13H,6-7H2,1-2H3. The van der Waals surface area contributed by atoms with Crippen LogP contribution in [0.15, 0.2) is 17.5 Å². The van der Waals surface area contributed by atoms with E-state index in [0.717, 1.165) is 4.88 Å². The summed E-state index contributed by atoms with van der Waals surface area (Å²) in [4.78, 5) is 14.6. The largest absolute Gasteiger partial charge is 0.391 e. The van der Waals surface area contributed by atoms with Gasteiger partial charge in [0.05, 0.1) is 11.0 Å². The number of carbonyl (C=O) groups excluding carboxylic acids is 1. The van der Waals surface area contributed by atoms with Gasteiger partial charge in [0, 0.05) is 12.1 Å². The number of thiophene rings is 1. The zero-order chi connectivity index (χ0) is 11.1. The molecule has 2 heterocycles. The number of aliphatic hydroxyl groups excluding tert-OH is 1. The molecule has 3 nitrogen and oxygen atoms in total. The minimum atomic E-state index is -0.385. The summed E-state index contributed by atoms with van der Waals surface area (Å²) < 4.78 is 0. The molecule has 1 aliphatic rings. The highest BCUT2D eigenvalue weighted by Crippen LogP contribution is 2.30. The lowest BCUT2D eigenvalue weighted by Crippen LogP contribution is -2.42. The normalized spacial score (nSPS) is 24.5. The topological polar surface area (TPSA) is 40.5 Å². The third kappa shape index (κ3) is 1.92. The molecule has 0 bridgehead atoms. The Balaban J connectivity index is 2.21. The Morgan fingerprint density at radius 2 is 2.40 bits per heavy atom. The number of hydrogen-bond donors (Lipinski definition) is 1. The van der Waals surface area contributed by atoms with Crippen LogP contribution in [0.1, 0.15) is 29.9 Å². The first-order valence-corrected chi connectivity index (χ1v) is 5.92. The lowest BCUT2D eigenvalue weighted by atomic mass is 10.0. The highest BCUT2D eigenvalue weighted by atomic mass is 32.1. The average molecular weight is 225 g/mol. The fraction of sp³-hybridized carbons (Fsp3) is 0.545. The third-order valence-electron chi connectivity index (χ3n) is 2.84. The van der Waals surface area contributed by atoms with Crippen LogP contribution >= 0.6 is 11.3 Å². The van der Waals surface area contributed by atoms with Crippen LogP contribution in [-0.4, -0.2) is 34.1 Å². The van der Waals surface area contributed by atoms with E-state index in [1.807, 2.05) is 31.4 Å². The number of rotatable bonds is 1. The van der Waals surface area contributed by atoms with Crippen LogP contribution < -0.4 is 0 Å². The zero-order valence-electron chi connectivity index (χ0n) is 8.93. The van der Waals surface area contributed by atoms with E-state index in [1.54, 1.807) is 4.90 Å². The van der Waals surface area contributed by atoms with Crippen LogP contribution in [0.3, 0.4) is 0 Å². The highest BCUT2D eigenvalue weighted by molar-refractivity contribution is 7.12. The number of carbonyl (C=O) groups is 1. The van der Waals surface area contributed by atoms with Crippen molar-refractivity contribution in [3.8, 4) is 0 Å². The minimum absolute atomic E-state index is 0.0338. The van der Waals surface area contributed by atoms with Crippen molar-refractivity contribution in [2.75, 3.05) is 6.54 Å². The zero-order valence-corrected chi connectivity index (χ0v) is 9.75. The molecular formula is C11H15NO2S. The van der Waals surface area contributed by atoms with Crippen LogP contribution in [0.25, 0.3) is 0 Å². The summed E-state index contributed by atoms with van der Waals surface area (Å²) in [5, 5.41) is 11.5. The van der Waals surface area contributed by atoms with Crippen molar-refractivity contribution >= 4 is 17.2 Å². The van der Waals surface area contributed by atoms with Crippen LogP contribution in [0, 0.1) is 0 Å². The molecule has 1 unspecified atom stereocenters. The molecule has 1 aromatic heterocycles. The molecule has 0 spiro atoms. The van der Waals surface area contributed by atoms with Crippen molar-refractivity contribution < 1.29 is 9.90 Å². The number of nitrogens with zero attached hydrogens (tertiary/aromatic N) is 1. The van der Waals surface area contributed by atoms with Gasteiger partial charge in [0.2, 0.25) is 0 Å². The van der Waals surface area contributed by atoms with Crippen molar-refractivity contribution in [3.63, 3.8) is 0 Å². The van der Waals surface area contributed by atoms with E-state index in [0.29, 0.717) is 13.0 Å². The summed E-state index contributed by atoms with van der Waals surface area (Å²) >= 11 is 1.45. The second-order valence-corrected chi connectivity index (χ2v) is 5.51. The highest BCUT2D eigenvalue weighted by Gasteiger charge is 2.40. The first kappa shape index (κ1) is 10.6. The Morgan fingerprint density at radius 3 is 2.87 bits per heavy atom. The molecule has 82 valence electrons. The Kier molecular flexibility index (Phi) is 2.56. The van der Waals surface area contributed by atoms with Gasteiger partial charge in [-0.25, -0.2) is 0 Å². The van der Waals surface area contributed by atoms with Crippen molar-refractivity contribution in [1.29, 1.82) is 0 Å². The van der Waals surface area contributed by atoms with Crippen LogP contribution in [0.2, 0.25) is 0 Å². The Hall–Kier alpha value is -0.870. The van der Waals surface area contributed by atoms with Gasteiger partial charge in [-0.2, -0.15) is 0 Å². The predicted molar refractivity (Wildman–Crippen MR) is 60.1 cm³/mol. The SMILES string of the molecule is CC1(C)CC(O)CN1C(=O)c1cccs1. The number of aliphatic hydroxyl groups is 1. The number of likely N-dealkylation sites (tertiary alicyclic amines) is 1. The van der Waals surface area contributed by atoms with Crippen LogP contribution in [0.4, 0.5) is 0 Å². The average Bonchev–Trinajstić information content (AvgIpc) is 2.71. The van der Waals surface area contributed by atoms with Gasteiger partial charge in [0.15, 0.2) is 0 Å².